The van der Waals surface area contributed by atoms with Crippen LogP contribution < -0.4 is 0 Å². The molecular weight excluding hydrogens is 339 g/mol. The van der Waals surface area contributed by atoms with Crippen LogP contribution in [0.1, 0.15) is 36.0 Å². The molecule has 0 spiro atoms. The second-order valence-corrected chi connectivity index (χ2v) is 7.77. The first-order chi connectivity index (χ1) is 11.8. The Labute approximate surface area is 148 Å². The average Bonchev–Trinajstić information content (AvgIpc) is 2.76. The lowest BCUT2D eigenvalue weighted by Gasteiger charge is -2.24. The molecule has 2 aromatic carbocycles. The molecule has 0 radical (unpaired) electrons. The zero-order valence-corrected chi connectivity index (χ0v) is 14.8. The third-order valence-electron chi connectivity index (χ3n) is 4.71. The average molecular weight is 358 g/mol. The van der Waals surface area contributed by atoms with E-state index >= 15 is 4.39 Å². The van der Waals surface area contributed by atoms with Crippen molar-refractivity contribution in [1.29, 1.82) is 0 Å². The number of hydrogen-bond acceptors (Lipinski definition) is 2. The topological polar surface area (TPSA) is 54.4 Å². The van der Waals surface area contributed by atoms with Crippen LogP contribution in [-0.4, -0.2) is 27.2 Å². The van der Waals surface area contributed by atoms with E-state index in [1.165, 1.54) is 6.92 Å². The zero-order chi connectivity index (χ0) is 18.2. The van der Waals surface area contributed by atoms with E-state index in [4.69, 9.17) is 0 Å². The molecule has 0 aliphatic heterocycles. The van der Waals surface area contributed by atoms with Crippen molar-refractivity contribution in [1.82, 2.24) is 0 Å². The van der Waals surface area contributed by atoms with Gasteiger partial charge >= 0.3 is 5.97 Å². The third kappa shape index (κ3) is 3.29. The van der Waals surface area contributed by atoms with Gasteiger partial charge in [0.15, 0.2) is 0 Å². The van der Waals surface area contributed by atoms with Gasteiger partial charge < -0.3 is 5.11 Å². The summed E-state index contributed by atoms with van der Waals surface area (Å²) >= 11 is 0. The highest BCUT2D eigenvalue weighted by molar-refractivity contribution is 7.84. The summed E-state index contributed by atoms with van der Waals surface area (Å²) in [7, 11) is -1.07. The van der Waals surface area contributed by atoms with E-state index in [0.29, 0.717) is 10.5 Å². The number of carbonyl (C=O) groups is 1. The Hall–Kier alpha value is -2.27. The maximum absolute atomic E-state index is 15.6. The number of allylic oxidation sites excluding steroid dienone is 1. The van der Waals surface area contributed by atoms with Crippen molar-refractivity contribution in [3.8, 4) is 0 Å². The summed E-state index contributed by atoms with van der Waals surface area (Å²) in [6.45, 7) is 1.45. The van der Waals surface area contributed by atoms with Crippen molar-refractivity contribution in [2.45, 2.75) is 29.8 Å². The predicted octanol–water partition coefficient (Wildman–Crippen LogP) is 4.26. The minimum absolute atomic E-state index is 0.255. The van der Waals surface area contributed by atoms with Gasteiger partial charge in [0.05, 0.1) is 6.42 Å². The van der Waals surface area contributed by atoms with Crippen molar-refractivity contribution >= 4 is 28.4 Å². The van der Waals surface area contributed by atoms with Crippen molar-refractivity contribution in [3.05, 3.63) is 65.2 Å². The number of aliphatic carboxylic acids is 1. The quantitative estimate of drug-likeness (QED) is 0.888. The molecule has 1 aliphatic carbocycles. The summed E-state index contributed by atoms with van der Waals surface area (Å²) < 4.78 is 27.1. The Kier molecular flexibility index (Phi) is 4.60. The number of halogens is 1. The lowest BCUT2D eigenvalue weighted by molar-refractivity contribution is -0.138. The highest BCUT2D eigenvalue weighted by Crippen LogP contribution is 2.53. The second-order valence-electron chi connectivity index (χ2n) is 6.39. The molecule has 1 N–H and O–H groups in total. The lowest BCUT2D eigenvalue weighted by Crippen LogP contribution is -2.25. The van der Waals surface area contributed by atoms with E-state index in [0.717, 1.165) is 16.7 Å². The van der Waals surface area contributed by atoms with Crippen molar-refractivity contribution in [2.24, 2.45) is 0 Å². The first-order valence-electron chi connectivity index (χ1n) is 7.96. The number of carboxylic acid groups (broad SMARTS) is 1. The summed E-state index contributed by atoms with van der Waals surface area (Å²) in [5.74, 6) is -1.73. The SMILES string of the molecule is CS(=O)c1ccc(C=C2c3ccccc3C(CC(=O)O)C2(C)F)cc1. The predicted molar refractivity (Wildman–Crippen MR) is 97.6 cm³/mol. The van der Waals surface area contributed by atoms with Crippen LogP contribution in [-0.2, 0) is 15.6 Å². The molecule has 2 aromatic rings. The van der Waals surface area contributed by atoms with Gasteiger partial charge in [0, 0.05) is 27.9 Å². The van der Waals surface area contributed by atoms with Crippen LogP contribution in [0.2, 0.25) is 0 Å². The van der Waals surface area contributed by atoms with E-state index in [9.17, 15) is 14.1 Å². The molecule has 0 saturated carbocycles. The van der Waals surface area contributed by atoms with E-state index < -0.39 is 28.4 Å². The summed E-state index contributed by atoms with van der Waals surface area (Å²) in [4.78, 5) is 11.9. The zero-order valence-electron chi connectivity index (χ0n) is 14.0. The van der Waals surface area contributed by atoms with Gasteiger partial charge in [0.1, 0.15) is 5.67 Å². The Morgan fingerprint density at radius 1 is 1.24 bits per heavy atom. The fraction of sp³-hybridized carbons (Fsp3) is 0.250. The first kappa shape index (κ1) is 17.5. The second kappa shape index (κ2) is 6.56. The standard InChI is InChI=1S/C20H19FO3S/c1-20(21)17(11-13-7-9-14(10-8-13)25(2)24)15-5-3-4-6-16(15)18(20)12-19(22)23/h3-11,18H,12H2,1-2H3,(H,22,23). The molecule has 3 nitrogen and oxygen atoms in total. The minimum Gasteiger partial charge on any atom is -0.481 e. The molecule has 0 fully saturated rings. The van der Waals surface area contributed by atoms with Crippen LogP contribution in [0.15, 0.2) is 53.4 Å². The number of alkyl halides is 1. The van der Waals surface area contributed by atoms with Gasteiger partial charge in [-0.25, -0.2) is 4.39 Å². The van der Waals surface area contributed by atoms with Crippen LogP contribution >= 0.6 is 0 Å². The fourth-order valence-electron chi connectivity index (χ4n) is 3.41. The summed E-state index contributed by atoms with van der Waals surface area (Å²) in [5.41, 5.74) is 0.988. The van der Waals surface area contributed by atoms with Gasteiger partial charge in [-0.15, -0.1) is 0 Å². The summed E-state index contributed by atoms with van der Waals surface area (Å²) in [6.07, 6.45) is 3.11. The molecular formula is C20H19FO3S. The van der Waals surface area contributed by atoms with Crippen LogP contribution in [0.3, 0.4) is 0 Å². The molecule has 0 amide bonds. The van der Waals surface area contributed by atoms with Gasteiger partial charge in [-0.1, -0.05) is 36.4 Å². The molecule has 0 aromatic heterocycles. The van der Waals surface area contributed by atoms with Crippen molar-refractivity contribution in [3.63, 3.8) is 0 Å². The van der Waals surface area contributed by atoms with E-state index in [1.54, 1.807) is 48.7 Å². The maximum atomic E-state index is 15.6. The highest BCUT2D eigenvalue weighted by Gasteiger charge is 2.47. The molecule has 0 saturated heterocycles. The molecule has 1 aliphatic rings. The van der Waals surface area contributed by atoms with Gasteiger partial charge in [-0.3, -0.25) is 9.00 Å². The van der Waals surface area contributed by atoms with Crippen LogP contribution in [0, 0.1) is 0 Å². The molecule has 5 heteroatoms. The van der Waals surface area contributed by atoms with Crippen molar-refractivity contribution < 1.29 is 18.5 Å². The number of fused-ring (bicyclic) bond motifs is 1. The largest absolute Gasteiger partial charge is 0.481 e. The fourth-order valence-corrected chi connectivity index (χ4v) is 3.93. The van der Waals surface area contributed by atoms with E-state index in [-0.39, 0.29) is 6.42 Å². The van der Waals surface area contributed by atoms with Gasteiger partial charge in [0.25, 0.3) is 0 Å². The molecule has 25 heavy (non-hydrogen) atoms. The number of benzene rings is 2. The Morgan fingerprint density at radius 3 is 2.48 bits per heavy atom. The lowest BCUT2D eigenvalue weighted by atomic mass is 9.86. The molecule has 0 heterocycles. The highest BCUT2D eigenvalue weighted by atomic mass is 32.2. The number of hydrogen-bond donors (Lipinski definition) is 1. The molecule has 3 rings (SSSR count). The van der Waals surface area contributed by atoms with Crippen molar-refractivity contribution in [2.75, 3.05) is 6.26 Å². The molecule has 3 atom stereocenters. The molecule has 130 valence electrons. The smallest absolute Gasteiger partial charge is 0.304 e. The Bertz CT molecular complexity index is 869. The van der Waals surface area contributed by atoms with Gasteiger partial charge in [-0.05, 0) is 47.4 Å². The number of carboxylic acids is 1. The minimum atomic E-state index is -1.77. The van der Waals surface area contributed by atoms with Gasteiger partial charge in [-0.2, -0.15) is 0 Å². The summed E-state index contributed by atoms with van der Waals surface area (Å²) in [5, 5.41) is 9.18. The van der Waals surface area contributed by atoms with Crippen LogP contribution in [0.5, 0.6) is 0 Å². The Balaban J connectivity index is 2.08. The molecule has 3 unspecified atom stereocenters. The molecule has 0 bridgehead atoms. The number of rotatable bonds is 4. The van der Waals surface area contributed by atoms with Gasteiger partial charge in [0.2, 0.25) is 0 Å². The van der Waals surface area contributed by atoms with E-state index in [2.05, 4.69) is 0 Å². The normalized spacial score (nSPS) is 24.9. The van der Waals surface area contributed by atoms with Crippen LogP contribution in [0.25, 0.3) is 11.6 Å². The first-order valence-corrected chi connectivity index (χ1v) is 9.52. The summed E-state index contributed by atoms with van der Waals surface area (Å²) in [6, 6.07) is 14.4. The van der Waals surface area contributed by atoms with E-state index in [1.807, 2.05) is 12.1 Å². The monoisotopic (exact) mass is 358 g/mol. The Morgan fingerprint density at radius 2 is 1.88 bits per heavy atom. The third-order valence-corrected chi connectivity index (χ3v) is 5.65. The van der Waals surface area contributed by atoms with Crippen LogP contribution in [0.4, 0.5) is 4.39 Å². The maximum Gasteiger partial charge on any atom is 0.304 e.